The summed E-state index contributed by atoms with van der Waals surface area (Å²) < 4.78 is 10.5. The zero-order valence-corrected chi connectivity index (χ0v) is 11.6. The quantitative estimate of drug-likeness (QED) is 0.866. The van der Waals surface area contributed by atoms with Gasteiger partial charge in [-0.1, -0.05) is 12.1 Å². The van der Waals surface area contributed by atoms with Gasteiger partial charge in [0.2, 0.25) is 0 Å². The van der Waals surface area contributed by atoms with E-state index in [0.717, 1.165) is 30.8 Å². The molecule has 1 unspecified atom stereocenters. The fourth-order valence-corrected chi connectivity index (χ4v) is 1.99. The van der Waals surface area contributed by atoms with Gasteiger partial charge in [-0.15, -0.1) is 0 Å². The summed E-state index contributed by atoms with van der Waals surface area (Å²) in [5.41, 5.74) is 0.991. The topological polar surface area (TPSA) is 59.6 Å². The second-order valence-corrected chi connectivity index (χ2v) is 4.60. The number of nitrogens with one attached hydrogen (secondary N) is 2. The van der Waals surface area contributed by atoms with Crippen LogP contribution in [0, 0.1) is 0 Å². The molecule has 1 aromatic rings. The van der Waals surface area contributed by atoms with Gasteiger partial charge in [-0.25, -0.2) is 4.79 Å². The third-order valence-electron chi connectivity index (χ3n) is 3.12. The molecule has 108 valence electrons. The van der Waals surface area contributed by atoms with Gasteiger partial charge in [0.15, 0.2) is 0 Å². The van der Waals surface area contributed by atoms with Crippen LogP contribution >= 0.6 is 0 Å². The summed E-state index contributed by atoms with van der Waals surface area (Å²) in [7, 11) is 1.63. The Morgan fingerprint density at radius 3 is 2.90 bits per heavy atom. The van der Waals surface area contributed by atoms with E-state index in [4.69, 9.17) is 9.47 Å². The highest BCUT2D eigenvalue weighted by molar-refractivity contribution is 5.75. The van der Waals surface area contributed by atoms with E-state index >= 15 is 0 Å². The maximum Gasteiger partial charge on any atom is 0.318 e. The van der Waals surface area contributed by atoms with Crippen molar-refractivity contribution >= 4 is 12.1 Å². The van der Waals surface area contributed by atoms with Gasteiger partial charge in [0.25, 0.3) is 0 Å². The second-order valence-electron chi connectivity index (χ2n) is 4.60. The molecule has 1 aliphatic heterocycles. The Balaban J connectivity index is 1.69. The molecule has 1 aliphatic rings. The molecule has 5 heteroatoms. The van der Waals surface area contributed by atoms with Crippen molar-refractivity contribution in [1.29, 1.82) is 0 Å². The predicted molar refractivity (Wildman–Crippen MR) is 77.5 cm³/mol. The van der Waals surface area contributed by atoms with Crippen LogP contribution in [0.3, 0.4) is 0 Å². The lowest BCUT2D eigenvalue weighted by Gasteiger charge is -2.10. The molecular weight excluding hydrogens is 256 g/mol. The number of carbonyl (C=O) groups is 1. The SMILES string of the molecule is COc1ccc(/C=C/NC(=O)NCC2CCCO2)cc1. The van der Waals surface area contributed by atoms with E-state index in [1.807, 2.05) is 30.3 Å². The Kier molecular flexibility index (Phi) is 5.43. The average molecular weight is 276 g/mol. The van der Waals surface area contributed by atoms with E-state index in [1.165, 1.54) is 0 Å². The lowest BCUT2D eigenvalue weighted by atomic mass is 10.2. The van der Waals surface area contributed by atoms with Crippen LogP contribution in [0.1, 0.15) is 18.4 Å². The van der Waals surface area contributed by atoms with Crippen LogP contribution in [-0.4, -0.2) is 32.4 Å². The number of benzene rings is 1. The summed E-state index contributed by atoms with van der Waals surface area (Å²) in [6, 6.07) is 7.36. The van der Waals surface area contributed by atoms with Crippen LogP contribution < -0.4 is 15.4 Å². The van der Waals surface area contributed by atoms with Crippen molar-refractivity contribution < 1.29 is 14.3 Å². The largest absolute Gasteiger partial charge is 0.497 e. The Morgan fingerprint density at radius 1 is 1.45 bits per heavy atom. The van der Waals surface area contributed by atoms with Gasteiger partial charge in [-0.2, -0.15) is 0 Å². The number of hydrogen-bond acceptors (Lipinski definition) is 3. The molecule has 0 aliphatic carbocycles. The van der Waals surface area contributed by atoms with E-state index in [-0.39, 0.29) is 12.1 Å². The number of urea groups is 1. The Morgan fingerprint density at radius 2 is 2.25 bits per heavy atom. The zero-order chi connectivity index (χ0) is 14.2. The first-order chi connectivity index (χ1) is 9.78. The predicted octanol–water partition coefficient (Wildman–Crippen LogP) is 2.14. The van der Waals surface area contributed by atoms with Crippen LogP contribution in [0.4, 0.5) is 4.79 Å². The van der Waals surface area contributed by atoms with Crippen molar-refractivity contribution in [3.8, 4) is 5.75 Å². The van der Waals surface area contributed by atoms with Gasteiger partial charge in [0, 0.05) is 19.4 Å². The number of amides is 2. The maximum atomic E-state index is 11.5. The van der Waals surface area contributed by atoms with Gasteiger partial charge in [-0.3, -0.25) is 0 Å². The van der Waals surface area contributed by atoms with Gasteiger partial charge in [0.05, 0.1) is 13.2 Å². The highest BCUT2D eigenvalue weighted by Crippen LogP contribution is 2.12. The Labute approximate surface area is 119 Å². The molecule has 1 heterocycles. The Bertz CT molecular complexity index is 451. The summed E-state index contributed by atoms with van der Waals surface area (Å²) in [6.07, 6.45) is 5.69. The molecule has 0 saturated carbocycles. The molecule has 2 N–H and O–H groups in total. The molecule has 1 atom stereocenters. The van der Waals surface area contributed by atoms with Crippen molar-refractivity contribution in [2.75, 3.05) is 20.3 Å². The van der Waals surface area contributed by atoms with E-state index in [0.29, 0.717) is 6.54 Å². The molecule has 0 bridgehead atoms. The smallest absolute Gasteiger partial charge is 0.318 e. The number of methoxy groups -OCH3 is 1. The van der Waals surface area contributed by atoms with Gasteiger partial charge < -0.3 is 20.1 Å². The third-order valence-corrected chi connectivity index (χ3v) is 3.12. The summed E-state index contributed by atoms with van der Waals surface area (Å²) >= 11 is 0. The van der Waals surface area contributed by atoms with E-state index in [1.54, 1.807) is 13.3 Å². The number of rotatable bonds is 5. The molecule has 1 fully saturated rings. The summed E-state index contributed by atoms with van der Waals surface area (Å²) in [6.45, 7) is 1.35. The molecule has 20 heavy (non-hydrogen) atoms. The fourth-order valence-electron chi connectivity index (χ4n) is 1.99. The van der Waals surface area contributed by atoms with Crippen molar-refractivity contribution in [1.82, 2.24) is 10.6 Å². The van der Waals surface area contributed by atoms with Crippen LogP contribution in [0.25, 0.3) is 6.08 Å². The fraction of sp³-hybridized carbons (Fsp3) is 0.400. The highest BCUT2D eigenvalue weighted by atomic mass is 16.5. The van der Waals surface area contributed by atoms with Crippen LogP contribution in [0.15, 0.2) is 30.5 Å². The van der Waals surface area contributed by atoms with Crippen molar-refractivity contribution in [3.63, 3.8) is 0 Å². The van der Waals surface area contributed by atoms with Crippen LogP contribution in [-0.2, 0) is 4.74 Å². The van der Waals surface area contributed by atoms with Gasteiger partial charge >= 0.3 is 6.03 Å². The lowest BCUT2D eigenvalue weighted by Crippen LogP contribution is -2.37. The second kappa shape index (κ2) is 7.55. The summed E-state index contributed by atoms with van der Waals surface area (Å²) in [5.74, 6) is 0.810. The minimum absolute atomic E-state index is 0.159. The molecule has 0 radical (unpaired) electrons. The van der Waals surface area contributed by atoms with Crippen molar-refractivity contribution in [2.24, 2.45) is 0 Å². The van der Waals surface area contributed by atoms with Crippen LogP contribution in [0.5, 0.6) is 5.75 Å². The first-order valence-corrected chi connectivity index (χ1v) is 6.74. The average Bonchev–Trinajstić information content (AvgIpc) is 2.99. The first-order valence-electron chi connectivity index (χ1n) is 6.74. The van der Waals surface area contributed by atoms with Crippen molar-refractivity contribution in [3.05, 3.63) is 36.0 Å². The van der Waals surface area contributed by atoms with E-state index in [2.05, 4.69) is 10.6 Å². The maximum absolute atomic E-state index is 11.5. The molecule has 0 spiro atoms. The van der Waals surface area contributed by atoms with Crippen LogP contribution in [0.2, 0.25) is 0 Å². The molecule has 5 nitrogen and oxygen atoms in total. The standard InChI is InChI=1S/C15H20N2O3/c1-19-13-6-4-12(5-7-13)8-9-16-15(18)17-11-14-3-2-10-20-14/h4-9,14H,2-3,10-11H2,1H3,(H2,16,17,18)/b9-8+. The van der Waals surface area contributed by atoms with Crippen molar-refractivity contribution in [2.45, 2.75) is 18.9 Å². The minimum atomic E-state index is -0.217. The monoisotopic (exact) mass is 276 g/mol. The third kappa shape index (κ3) is 4.59. The normalized spacial score (nSPS) is 18.1. The number of ether oxygens (including phenoxy) is 2. The minimum Gasteiger partial charge on any atom is -0.497 e. The molecule has 2 rings (SSSR count). The summed E-state index contributed by atoms with van der Waals surface area (Å²) in [4.78, 5) is 11.5. The zero-order valence-electron chi connectivity index (χ0n) is 11.6. The van der Waals surface area contributed by atoms with Gasteiger partial charge in [-0.05, 0) is 36.6 Å². The first kappa shape index (κ1) is 14.4. The molecular formula is C15H20N2O3. The number of carbonyl (C=O) groups excluding carboxylic acids is 1. The molecule has 2 amide bonds. The molecule has 0 aromatic heterocycles. The van der Waals surface area contributed by atoms with E-state index in [9.17, 15) is 4.79 Å². The summed E-state index contributed by atoms with van der Waals surface area (Å²) in [5, 5.41) is 5.45. The van der Waals surface area contributed by atoms with Gasteiger partial charge in [0.1, 0.15) is 5.75 Å². The molecule has 1 aromatic carbocycles. The Hall–Kier alpha value is -2.01. The highest BCUT2D eigenvalue weighted by Gasteiger charge is 2.15. The van der Waals surface area contributed by atoms with E-state index < -0.39 is 0 Å². The lowest BCUT2D eigenvalue weighted by molar-refractivity contribution is 0.111. The molecule has 1 saturated heterocycles. The number of hydrogen-bond donors (Lipinski definition) is 2.